The van der Waals surface area contributed by atoms with Gasteiger partial charge in [-0.05, 0) is 18.8 Å². The Labute approximate surface area is 107 Å². The summed E-state index contributed by atoms with van der Waals surface area (Å²) in [5.74, 6) is 2.15. The van der Waals surface area contributed by atoms with Crippen LogP contribution in [-0.4, -0.2) is 41.1 Å². The number of aliphatic imine (C=N–C) groups is 1. The van der Waals surface area contributed by atoms with Gasteiger partial charge in [0.15, 0.2) is 11.8 Å². The zero-order chi connectivity index (χ0) is 13.2. The number of nitrogens with one attached hydrogen (secondary N) is 1. The summed E-state index contributed by atoms with van der Waals surface area (Å²) in [6.07, 6.45) is 1.19. The maximum atomic E-state index is 5.07. The van der Waals surface area contributed by atoms with E-state index < -0.39 is 0 Å². The lowest BCUT2D eigenvalue weighted by Gasteiger charge is -2.23. The first-order valence-corrected chi connectivity index (χ1v) is 6.25. The summed E-state index contributed by atoms with van der Waals surface area (Å²) >= 11 is 0. The summed E-state index contributed by atoms with van der Waals surface area (Å²) in [5.41, 5.74) is 0.360. The molecule has 0 radical (unpaired) electrons. The van der Waals surface area contributed by atoms with Crippen LogP contribution in [0.25, 0.3) is 0 Å². The predicted molar refractivity (Wildman–Crippen MR) is 69.2 cm³/mol. The van der Waals surface area contributed by atoms with Crippen LogP contribution in [0.5, 0.6) is 0 Å². The van der Waals surface area contributed by atoms with Crippen LogP contribution in [-0.2, 0) is 6.54 Å². The normalized spacial score (nSPS) is 19.3. The molecule has 6 nitrogen and oxygen atoms in total. The first-order valence-electron chi connectivity index (χ1n) is 6.25. The second-order valence-corrected chi connectivity index (χ2v) is 5.47. The first kappa shape index (κ1) is 12.9. The molecule has 0 amide bonds. The SMILES string of the molecule is CN=C(NCc1nc(C)no1)N1CCC(C)(C)C1. The summed E-state index contributed by atoms with van der Waals surface area (Å²) in [6, 6.07) is 0. The number of nitrogens with zero attached hydrogens (tertiary/aromatic N) is 4. The number of rotatable bonds is 2. The third kappa shape index (κ3) is 3.00. The number of aromatic nitrogens is 2. The number of hydrogen-bond donors (Lipinski definition) is 1. The van der Waals surface area contributed by atoms with Gasteiger partial charge in [0.25, 0.3) is 0 Å². The third-order valence-electron chi connectivity index (χ3n) is 3.16. The van der Waals surface area contributed by atoms with E-state index in [1.807, 2.05) is 6.92 Å². The van der Waals surface area contributed by atoms with Crippen molar-refractivity contribution in [3.05, 3.63) is 11.7 Å². The molecule has 0 saturated carbocycles. The van der Waals surface area contributed by atoms with Gasteiger partial charge in [-0.25, -0.2) is 0 Å². The van der Waals surface area contributed by atoms with Gasteiger partial charge in [-0.1, -0.05) is 19.0 Å². The van der Waals surface area contributed by atoms with Crippen molar-refractivity contribution in [2.75, 3.05) is 20.1 Å². The van der Waals surface area contributed by atoms with E-state index in [1.165, 1.54) is 6.42 Å². The Morgan fingerprint density at radius 2 is 2.33 bits per heavy atom. The predicted octanol–water partition coefficient (Wildman–Crippen LogP) is 1.19. The van der Waals surface area contributed by atoms with Gasteiger partial charge >= 0.3 is 0 Å². The molecule has 1 saturated heterocycles. The Balaban J connectivity index is 1.91. The average Bonchev–Trinajstić information content (AvgIpc) is 2.86. The van der Waals surface area contributed by atoms with Crippen LogP contribution < -0.4 is 5.32 Å². The second kappa shape index (κ2) is 4.96. The minimum Gasteiger partial charge on any atom is -0.347 e. The molecule has 1 aromatic heterocycles. The Bertz CT molecular complexity index is 437. The molecule has 6 heteroatoms. The lowest BCUT2D eigenvalue weighted by atomic mass is 9.93. The minimum atomic E-state index is 0.360. The van der Waals surface area contributed by atoms with Crippen molar-refractivity contribution in [3.8, 4) is 0 Å². The lowest BCUT2D eigenvalue weighted by molar-refractivity contribution is 0.358. The van der Waals surface area contributed by atoms with Crippen LogP contribution in [0.4, 0.5) is 0 Å². The van der Waals surface area contributed by atoms with Gasteiger partial charge in [0.05, 0.1) is 6.54 Å². The third-order valence-corrected chi connectivity index (χ3v) is 3.16. The van der Waals surface area contributed by atoms with Crippen molar-refractivity contribution < 1.29 is 4.52 Å². The van der Waals surface area contributed by atoms with E-state index in [0.717, 1.165) is 19.0 Å². The molecule has 1 N–H and O–H groups in total. The van der Waals surface area contributed by atoms with Crippen LogP contribution in [0.2, 0.25) is 0 Å². The van der Waals surface area contributed by atoms with Crippen molar-refractivity contribution in [1.29, 1.82) is 0 Å². The fraction of sp³-hybridized carbons (Fsp3) is 0.750. The quantitative estimate of drug-likeness (QED) is 0.631. The Morgan fingerprint density at radius 3 is 2.83 bits per heavy atom. The summed E-state index contributed by atoms with van der Waals surface area (Å²) in [5, 5.41) is 7.02. The van der Waals surface area contributed by atoms with Crippen LogP contribution in [0.1, 0.15) is 32.0 Å². The highest BCUT2D eigenvalue weighted by molar-refractivity contribution is 5.80. The van der Waals surface area contributed by atoms with Crippen molar-refractivity contribution in [2.24, 2.45) is 10.4 Å². The van der Waals surface area contributed by atoms with Crippen molar-refractivity contribution in [1.82, 2.24) is 20.4 Å². The van der Waals surface area contributed by atoms with Crippen LogP contribution >= 0.6 is 0 Å². The number of likely N-dealkylation sites (tertiary alicyclic amines) is 1. The number of aryl methyl sites for hydroxylation is 1. The first-order chi connectivity index (χ1) is 8.50. The van der Waals surface area contributed by atoms with Gasteiger partial charge in [-0.15, -0.1) is 0 Å². The van der Waals surface area contributed by atoms with E-state index in [0.29, 0.717) is 23.7 Å². The summed E-state index contributed by atoms with van der Waals surface area (Å²) in [7, 11) is 1.80. The molecule has 0 aliphatic carbocycles. The smallest absolute Gasteiger partial charge is 0.246 e. The van der Waals surface area contributed by atoms with Crippen molar-refractivity contribution in [2.45, 2.75) is 33.7 Å². The maximum absolute atomic E-state index is 5.07. The molecule has 1 aliphatic rings. The molecule has 0 unspecified atom stereocenters. The number of hydrogen-bond acceptors (Lipinski definition) is 4. The summed E-state index contributed by atoms with van der Waals surface area (Å²) in [6.45, 7) is 8.95. The number of guanidine groups is 1. The monoisotopic (exact) mass is 251 g/mol. The van der Waals surface area contributed by atoms with Crippen LogP contribution in [0.15, 0.2) is 9.52 Å². The van der Waals surface area contributed by atoms with Crippen molar-refractivity contribution >= 4 is 5.96 Å². The fourth-order valence-corrected chi connectivity index (χ4v) is 2.19. The van der Waals surface area contributed by atoms with Crippen LogP contribution in [0.3, 0.4) is 0 Å². The Hall–Kier alpha value is -1.59. The summed E-state index contributed by atoms with van der Waals surface area (Å²) in [4.78, 5) is 10.7. The molecule has 1 fully saturated rings. The van der Waals surface area contributed by atoms with E-state index in [9.17, 15) is 0 Å². The highest BCUT2D eigenvalue weighted by Gasteiger charge is 2.30. The molecule has 2 rings (SSSR count). The molecule has 100 valence electrons. The topological polar surface area (TPSA) is 66.5 Å². The molecular weight excluding hydrogens is 230 g/mol. The fourth-order valence-electron chi connectivity index (χ4n) is 2.19. The van der Waals surface area contributed by atoms with Gasteiger partial charge in [0.1, 0.15) is 0 Å². The average molecular weight is 251 g/mol. The molecule has 1 aliphatic heterocycles. The van der Waals surface area contributed by atoms with Gasteiger partial charge in [0, 0.05) is 20.1 Å². The van der Waals surface area contributed by atoms with Gasteiger partial charge in [-0.2, -0.15) is 4.98 Å². The molecule has 18 heavy (non-hydrogen) atoms. The van der Waals surface area contributed by atoms with Gasteiger partial charge in [-0.3, -0.25) is 4.99 Å². The standard InChI is InChI=1S/C12H21N5O/c1-9-15-10(18-16-9)7-14-11(13-4)17-6-5-12(2,3)8-17/h5-8H2,1-4H3,(H,13,14). The molecular formula is C12H21N5O. The molecule has 0 aromatic carbocycles. The Morgan fingerprint density at radius 1 is 1.56 bits per heavy atom. The van der Waals surface area contributed by atoms with E-state index in [2.05, 4.69) is 39.2 Å². The Kier molecular flexibility index (Phi) is 3.54. The van der Waals surface area contributed by atoms with Gasteiger partial charge in [0.2, 0.25) is 5.89 Å². The van der Waals surface area contributed by atoms with E-state index in [4.69, 9.17) is 4.52 Å². The van der Waals surface area contributed by atoms with E-state index >= 15 is 0 Å². The zero-order valence-electron chi connectivity index (χ0n) is 11.5. The molecule has 0 bridgehead atoms. The zero-order valence-corrected chi connectivity index (χ0v) is 11.5. The van der Waals surface area contributed by atoms with Crippen LogP contribution in [0, 0.1) is 12.3 Å². The molecule has 1 aromatic rings. The van der Waals surface area contributed by atoms with E-state index in [1.54, 1.807) is 7.05 Å². The maximum Gasteiger partial charge on any atom is 0.246 e. The second-order valence-electron chi connectivity index (χ2n) is 5.47. The molecule has 0 spiro atoms. The van der Waals surface area contributed by atoms with E-state index in [-0.39, 0.29) is 0 Å². The minimum absolute atomic E-state index is 0.360. The molecule has 2 heterocycles. The molecule has 0 atom stereocenters. The van der Waals surface area contributed by atoms with Gasteiger partial charge < -0.3 is 14.7 Å². The highest BCUT2D eigenvalue weighted by atomic mass is 16.5. The summed E-state index contributed by atoms with van der Waals surface area (Å²) < 4.78 is 5.07. The largest absolute Gasteiger partial charge is 0.347 e. The lowest BCUT2D eigenvalue weighted by Crippen LogP contribution is -2.40. The highest BCUT2D eigenvalue weighted by Crippen LogP contribution is 2.28. The van der Waals surface area contributed by atoms with Crippen molar-refractivity contribution in [3.63, 3.8) is 0 Å².